The highest BCUT2D eigenvalue weighted by Crippen LogP contribution is 2.29. The van der Waals surface area contributed by atoms with Crippen molar-refractivity contribution in [2.45, 2.75) is 37.7 Å². The third-order valence-electron chi connectivity index (χ3n) is 3.58. The SMILES string of the molecule is c1nc(C2CCCNC2)[nH]c1C1CCCO1. The van der Waals surface area contributed by atoms with Crippen molar-refractivity contribution in [1.82, 2.24) is 15.3 Å². The third-order valence-corrected chi connectivity index (χ3v) is 3.58. The Kier molecular flexibility index (Phi) is 2.93. The molecule has 2 unspecified atom stereocenters. The average molecular weight is 221 g/mol. The summed E-state index contributed by atoms with van der Waals surface area (Å²) in [5.41, 5.74) is 1.16. The van der Waals surface area contributed by atoms with Gasteiger partial charge in [0.1, 0.15) is 5.82 Å². The molecule has 4 heteroatoms. The molecule has 0 spiro atoms. The molecule has 3 heterocycles. The summed E-state index contributed by atoms with van der Waals surface area (Å²) in [7, 11) is 0. The van der Waals surface area contributed by atoms with E-state index in [9.17, 15) is 0 Å². The number of hydrogen-bond acceptors (Lipinski definition) is 3. The van der Waals surface area contributed by atoms with Crippen LogP contribution in [0.15, 0.2) is 6.20 Å². The van der Waals surface area contributed by atoms with Crippen molar-refractivity contribution in [2.24, 2.45) is 0 Å². The van der Waals surface area contributed by atoms with Gasteiger partial charge in [-0.05, 0) is 32.2 Å². The summed E-state index contributed by atoms with van der Waals surface area (Å²) in [5, 5.41) is 3.42. The van der Waals surface area contributed by atoms with Crippen LogP contribution in [-0.4, -0.2) is 29.7 Å². The van der Waals surface area contributed by atoms with Gasteiger partial charge in [0.2, 0.25) is 0 Å². The van der Waals surface area contributed by atoms with Gasteiger partial charge in [0.15, 0.2) is 0 Å². The maximum absolute atomic E-state index is 5.65. The van der Waals surface area contributed by atoms with Gasteiger partial charge in [-0.1, -0.05) is 0 Å². The van der Waals surface area contributed by atoms with Crippen LogP contribution in [0.4, 0.5) is 0 Å². The second-order valence-electron chi connectivity index (χ2n) is 4.77. The Labute approximate surface area is 95.8 Å². The first-order valence-electron chi connectivity index (χ1n) is 6.30. The maximum Gasteiger partial charge on any atom is 0.110 e. The Morgan fingerprint density at radius 1 is 1.31 bits per heavy atom. The predicted octanol–water partition coefficient (Wildman–Crippen LogP) is 1.73. The number of aromatic amines is 1. The molecular formula is C12H19N3O. The monoisotopic (exact) mass is 221 g/mol. The van der Waals surface area contributed by atoms with Crippen molar-refractivity contribution >= 4 is 0 Å². The van der Waals surface area contributed by atoms with Crippen LogP contribution < -0.4 is 5.32 Å². The topological polar surface area (TPSA) is 49.9 Å². The molecule has 88 valence electrons. The molecule has 2 aliphatic rings. The van der Waals surface area contributed by atoms with Gasteiger partial charge in [0, 0.05) is 19.1 Å². The summed E-state index contributed by atoms with van der Waals surface area (Å²) in [4.78, 5) is 7.96. The summed E-state index contributed by atoms with van der Waals surface area (Å²) in [5.74, 6) is 1.70. The quantitative estimate of drug-likeness (QED) is 0.799. The summed E-state index contributed by atoms with van der Waals surface area (Å²) >= 11 is 0. The smallest absolute Gasteiger partial charge is 0.110 e. The second-order valence-corrected chi connectivity index (χ2v) is 4.77. The van der Waals surface area contributed by atoms with E-state index < -0.39 is 0 Å². The molecule has 0 saturated carbocycles. The highest BCUT2D eigenvalue weighted by atomic mass is 16.5. The van der Waals surface area contributed by atoms with Gasteiger partial charge < -0.3 is 15.0 Å². The lowest BCUT2D eigenvalue weighted by molar-refractivity contribution is 0.109. The van der Waals surface area contributed by atoms with E-state index in [1.165, 1.54) is 19.3 Å². The zero-order valence-electron chi connectivity index (χ0n) is 9.54. The Bertz CT molecular complexity index is 338. The standard InChI is InChI=1S/C12H19N3O/c1-3-9(7-13-5-1)12-14-8-10(15-12)11-4-2-6-16-11/h8-9,11,13H,1-7H2,(H,14,15). The lowest BCUT2D eigenvalue weighted by Crippen LogP contribution is -2.28. The maximum atomic E-state index is 5.65. The molecule has 0 bridgehead atoms. The molecule has 3 rings (SSSR count). The fourth-order valence-electron chi connectivity index (χ4n) is 2.63. The molecule has 2 aliphatic heterocycles. The minimum atomic E-state index is 0.262. The number of H-pyrrole nitrogens is 1. The normalized spacial score (nSPS) is 30.8. The third kappa shape index (κ3) is 1.99. The molecule has 0 amide bonds. The summed E-state index contributed by atoms with van der Waals surface area (Å²) in [6, 6.07) is 0. The number of nitrogens with zero attached hydrogens (tertiary/aromatic N) is 1. The zero-order chi connectivity index (χ0) is 10.8. The van der Waals surface area contributed by atoms with Gasteiger partial charge in [-0.15, -0.1) is 0 Å². The number of piperidine rings is 1. The lowest BCUT2D eigenvalue weighted by Gasteiger charge is -2.20. The van der Waals surface area contributed by atoms with Crippen LogP contribution in [0.5, 0.6) is 0 Å². The first kappa shape index (κ1) is 10.3. The molecule has 2 fully saturated rings. The van der Waals surface area contributed by atoms with Crippen LogP contribution in [0.25, 0.3) is 0 Å². The molecule has 4 nitrogen and oxygen atoms in total. The first-order valence-corrected chi connectivity index (χ1v) is 6.30. The van der Waals surface area contributed by atoms with E-state index in [1.54, 1.807) is 0 Å². The van der Waals surface area contributed by atoms with Crippen molar-refractivity contribution in [3.63, 3.8) is 0 Å². The van der Waals surface area contributed by atoms with Crippen LogP contribution >= 0.6 is 0 Å². The zero-order valence-corrected chi connectivity index (χ0v) is 9.54. The van der Waals surface area contributed by atoms with Crippen molar-refractivity contribution in [2.75, 3.05) is 19.7 Å². The van der Waals surface area contributed by atoms with E-state index in [0.29, 0.717) is 5.92 Å². The van der Waals surface area contributed by atoms with Gasteiger partial charge in [0.25, 0.3) is 0 Å². The molecule has 1 aromatic heterocycles. The number of nitrogens with one attached hydrogen (secondary N) is 2. The summed E-state index contributed by atoms with van der Waals surface area (Å²) in [6.45, 7) is 3.10. The molecule has 0 aliphatic carbocycles. The van der Waals surface area contributed by atoms with E-state index >= 15 is 0 Å². The Morgan fingerprint density at radius 2 is 2.31 bits per heavy atom. The van der Waals surface area contributed by atoms with Crippen molar-refractivity contribution in [3.8, 4) is 0 Å². The van der Waals surface area contributed by atoms with Gasteiger partial charge in [-0.2, -0.15) is 0 Å². The molecule has 0 aromatic carbocycles. The van der Waals surface area contributed by atoms with E-state index in [4.69, 9.17) is 4.74 Å². The fraction of sp³-hybridized carbons (Fsp3) is 0.750. The van der Waals surface area contributed by atoms with Crippen LogP contribution in [0.2, 0.25) is 0 Å². The minimum absolute atomic E-state index is 0.262. The Balaban J connectivity index is 1.71. The van der Waals surface area contributed by atoms with E-state index in [2.05, 4.69) is 15.3 Å². The molecule has 2 N–H and O–H groups in total. The number of hydrogen-bond donors (Lipinski definition) is 2. The van der Waals surface area contributed by atoms with Crippen molar-refractivity contribution in [1.29, 1.82) is 0 Å². The lowest BCUT2D eigenvalue weighted by atomic mass is 9.99. The first-order chi connectivity index (χ1) is 7.93. The highest BCUT2D eigenvalue weighted by Gasteiger charge is 2.22. The predicted molar refractivity (Wildman–Crippen MR) is 61.4 cm³/mol. The molecule has 2 saturated heterocycles. The highest BCUT2D eigenvalue weighted by molar-refractivity contribution is 5.10. The second kappa shape index (κ2) is 4.55. The van der Waals surface area contributed by atoms with Gasteiger partial charge in [-0.3, -0.25) is 0 Å². The number of rotatable bonds is 2. The fourth-order valence-corrected chi connectivity index (χ4v) is 2.63. The van der Waals surface area contributed by atoms with Crippen LogP contribution in [-0.2, 0) is 4.74 Å². The number of ether oxygens (including phenoxy) is 1. The minimum Gasteiger partial charge on any atom is -0.372 e. The number of imidazole rings is 1. The van der Waals surface area contributed by atoms with Gasteiger partial charge in [-0.25, -0.2) is 4.98 Å². The van der Waals surface area contributed by atoms with E-state index in [1.807, 2.05) is 6.20 Å². The Morgan fingerprint density at radius 3 is 3.06 bits per heavy atom. The van der Waals surface area contributed by atoms with Crippen LogP contribution in [0.3, 0.4) is 0 Å². The molecule has 16 heavy (non-hydrogen) atoms. The van der Waals surface area contributed by atoms with E-state index in [-0.39, 0.29) is 6.10 Å². The van der Waals surface area contributed by atoms with Crippen molar-refractivity contribution in [3.05, 3.63) is 17.7 Å². The summed E-state index contributed by atoms with van der Waals surface area (Å²) < 4.78 is 5.65. The van der Waals surface area contributed by atoms with Crippen LogP contribution in [0, 0.1) is 0 Å². The Hall–Kier alpha value is -0.870. The average Bonchev–Trinajstić information content (AvgIpc) is 3.01. The van der Waals surface area contributed by atoms with E-state index in [0.717, 1.165) is 37.6 Å². The molecule has 1 aromatic rings. The van der Waals surface area contributed by atoms with Crippen molar-refractivity contribution < 1.29 is 4.74 Å². The van der Waals surface area contributed by atoms with Gasteiger partial charge >= 0.3 is 0 Å². The molecular weight excluding hydrogens is 202 g/mol. The van der Waals surface area contributed by atoms with Crippen LogP contribution in [0.1, 0.15) is 49.2 Å². The number of aromatic nitrogens is 2. The largest absolute Gasteiger partial charge is 0.372 e. The molecule has 0 radical (unpaired) electrons. The van der Waals surface area contributed by atoms with Gasteiger partial charge in [0.05, 0.1) is 18.0 Å². The molecule has 2 atom stereocenters. The summed E-state index contributed by atoms with van der Waals surface area (Å²) in [6.07, 6.45) is 7.01.